The molecule has 3 aromatic rings. The van der Waals surface area contributed by atoms with Crippen LogP contribution in [0, 0.1) is 0 Å². The van der Waals surface area contributed by atoms with Gasteiger partial charge in [-0.25, -0.2) is 4.99 Å². The SMILES string of the molecule is CN(C)c1ccc(/C=C/C(C=O)=Nc2cc(O)ccc2N(C)Cc2ccccn2)cc1. The summed E-state index contributed by atoms with van der Waals surface area (Å²) < 4.78 is 0. The molecule has 1 heterocycles. The van der Waals surface area contributed by atoms with Gasteiger partial charge in [0.25, 0.3) is 0 Å². The van der Waals surface area contributed by atoms with E-state index in [1.165, 1.54) is 0 Å². The minimum absolute atomic E-state index is 0.0854. The Morgan fingerprint density at radius 3 is 2.48 bits per heavy atom. The van der Waals surface area contributed by atoms with E-state index in [1.807, 2.05) is 79.5 Å². The third kappa shape index (κ3) is 6.02. The number of phenols is 1. The standard InChI is InChI=1S/C25H26N4O2/c1-28(2)22-11-8-19(9-12-22)7-10-21(18-30)27-24-16-23(31)13-14-25(24)29(3)17-20-6-4-5-15-26-20/h4-16,18,31H,17H2,1-3H3/b10-7+,27-21?. The zero-order chi connectivity index (χ0) is 22.2. The van der Waals surface area contributed by atoms with Crippen molar-refractivity contribution in [1.29, 1.82) is 0 Å². The number of allylic oxidation sites excluding steroid dienone is 1. The molecule has 0 spiro atoms. The summed E-state index contributed by atoms with van der Waals surface area (Å²) in [7, 11) is 5.89. The fourth-order valence-corrected chi connectivity index (χ4v) is 3.05. The number of aromatic hydroxyl groups is 1. The highest BCUT2D eigenvalue weighted by molar-refractivity contribution is 6.35. The van der Waals surface area contributed by atoms with Crippen molar-refractivity contribution in [2.45, 2.75) is 6.54 Å². The number of nitrogens with zero attached hydrogens (tertiary/aromatic N) is 4. The van der Waals surface area contributed by atoms with Crippen LogP contribution in [0.2, 0.25) is 0 Å². The Bertz CT molecular complexity index is 1070. The Balaban J connectivity index is 1.85. The predicted octanol–water partition coefficient (Wildman–Crippen LogP) is 4.47. The first-order valence-corrected chi connectivity index (χ1v) is 9.89. The molecule has 2 aromatic carbocycles. The van der Waals surface area contributed by atoms with E-state index < -0.39 is 0 Å². The number of anilines is 2. The van der Waals surface area contributed by atoms with Crippen molar-refractivity contribution in [1.82, 2.24) is 4.98 Å². The van der Waals surface area contributed by atoms with Crippen molar-refractivity contribution < 1.29 is 9.90 Å². The van der Waals surface area contributed by atoms with Gasteiger partial charge in [-0.05, 0) is 48.0 Å². The Morgan fingerprint density at radius 2 is 1.84 bits per heavy atom. The quantitative estimate of drug-likeness (QED) is 0.435. The van der Waals surface area contributed by atoms with Crippen LogP contribution in [-0.2, 0) is 11.3 Å². The number of pyridine rings is 1. The van der Waals surface area contributed by atoms with Gasteiger partial charge in [-0.3, -0.25) is 9.78 Å². The van der Waals surface area contributed by atoms with Crippen LogP contribution in [0.5, 0.6) is 5.75 Å². The molecule has 6 nitrogen and oxygen atoms in total. The topological polar surface area (TPSA) is 69.0 Å². The van der Waals surface area contributed by atoms with Crippen LogP contribution >= 0.6 is 0 Å². The number of aliphatic imine (C=N–C) groups is 1. The maximum Gasteiger partial charge on any atom is 0.168 e. The molecule has 0 atom stereocenters. The Hall–Kier alpha value is -3.93. The van der Waals surface area contributed by atoms with Gasteiger partial charge in [0.2, 0.25) is 0 Å². The minimum atomic E-state index is 0.0854. The average Bonchev–Trinajstić information content (AvgIpc) is 2.77. The van der Waals surface area contributed by atoms with E-state index in [2.05, 4.69) is 9.98 Å². The molecule has 0 aliphatic carbocycles. The summed E-state index contributed by atoms with van der Waals surface area (Å²) >= 11 is 0. The van der Waals surface area contributed by atoms with Crippen LogP contribution in [-0.4, -0.2) is 43.2 Å². The highest BCUT2D eigenvalue weighted by Gasteiger charge is 2.10. The number of hydrogen-bond acceptors (Lipinski definition) is 6. The Labute approximate surface area is 182 Å². The molecule has 0 saturated carbocycles. The fraction of sp³-hybridized carbons (Fsp3) is 0.160. The van der Waals surface area contributed by atoms with E-state index >= 15 is 0 Å². The first kappa shape index (κ1) is 21.8. The largest absolute Gasteiger partial charge is 0.508 e. The second-order valence-corrected chi connectivity index (χ2v) is 7.32. The molecular weight excluding hydrogens is 388 g/mol. The van der Waals surface area contributed by atoms with Crippen LogP contribution in [0.3, 0.4) is 0 Å². The fourth-order valence-electron chi connectivity index (χ4n) is 3.05. The van der Waals surface area contributed by atoms with Gasteiger partial charge in [-0.1, -0.05) is 24.3 Å². The van der Waals surface area contributed by atoms with Gasteiger partial charge in [0, 0.05) is 39.1 Å². The van der Waals surface area contributed by atoms with Crippen LogP contribution in [0.15, 0.2) is 77.9 Å². The summed E-state index contributed by atoms with van der Waals surface area (Å²) in [6, 6.07) is 18.7. The molecule has 1 N–H and O–H groups in total. The lowest BCUT2D eigenvalue weighted by atomic mass is 10.1. The summed E-state index contributed by atoms with van der Waals surface area (Å²) in [5, 5.41) is 9.96. The van der Waals surface area contributed by atoms with E-state index in [4.69, 9.17) is 0 Å². The van der Waals surface area contributed by atoms with E-state index in [0.717, 1.165) is 22.6 Å². The minimum Gasteiger partial charge on any atom is -0.508 e. The third-order valence-corrected chi connectivity index (χ3v) is 4.72. The lowest BCUT2D eigenvalue weighted by Gasteiger charge is -2.21. The van der Waals surface area contributed by atoms with Gasteiger partial charge in [0.1, 0.15) is 11.5 Å². The molecule has 0 fully saturated rings. The molecule has 158 valence electrons. The van der Waals surface area contributed by atoms with Gasteiger partial charge >= 0.3 is 0 Å². The first-order valence-electron chi connectivity index (χ1n) is 9.89. The molecule has 0 bridgehead atoms. The number of aromatic nitrogens is 1. The molecular formula is C25H26N4O2. The molecule has 0 amide bonds. The van der Waals surface area contributed by atoms with E-state index in [-0.39, 0.29) is 11.5 Å². The van der Waals surface area contributed by atoms with Crippen molar-refractivity contribution in [2.75, 3.05) is 30.9 Å². The Morgan fingerprint density at radius 1 is 1.06 bits per heavy atom. The monoisotopic (exact) mass is 414 g/mol. The van der Waals surface area contributed by atoms with Crippen molar-refractivity contribution >= 4 is 35.1 Å². The molecule has 1 aromatic heterocycles. The number of carbonyl (C=O) groups excluding carboxylic acids is 1. The molecule has 31 heavy (non-hydrogen) atoms. The zero-order valence-electron chi connectivity index (χ0n) is 17.9. The van der Waals surface area contributed by atoms with E-state index in [0.29, 0.717) is 18.5 Å². The molecule has 0 aliphatic rings. The lowest BCUT2D eigenvalue weighted by molar-refractivity contribution is -0.102. The summed E-state index contributed by atoms with van der Waals surface area (Å²) in [5.74, 6) is 0.0854. The van der Waals surface area contributed by atoms with Gasteiger partial charge in [-0.15, -0.1) is 0 Å². The van der Waals surface area contributed by atoms with Crippen molar-refractivity contribution in [3.05, 3.63) is 84.2 Å². The number of phenolic OH excluding ortho intramolecular Hbond substituents is 1. The predicted molar refractivity (Wildman–Crippen MR) is 127 cm³/mol. The van der Waals surface area contributed by atoms with Crippen LogP contribution in [0.4, 0.5) is 17.1 Å². The normalized spacial score (nSPS) is 11.5. The molecule has 0 unspecified atom stereocenters. The molecule has 6 heteroatoms. The highest BCUT2D eigenvalue weighted by Crippen LogP contribution is 2.32. The molecule has 0 aliphatic heterocycles. The average molecular weight is 415 g/mol. The van der Waals surface area contributed by atoms with Crippen LogP contribution in [0.1, 0.15) is 11.3 Å². The second-order valence-electron chi connectivity index (χ2n) is 7.32. The first-order chi connectivity index (χ1) is 15.0. The second kappa shape index (κ2) is 10.2. The molecule has 0 saturated heterocycles. The number of benzene rings is 2. The highest BCUT2D eigenvalue weighted by atomic mass is 16.3. The van der Waals surface area contributed by atoms with Crippen molar-refractivity contribution in [3.8, 4) is 5.75 Å². The summed E-state index contributed by atoms with van der Waals surface area (Å²) in [6.07, 6.45) is 5.97. The van der Waals surface area contributed by atoms with E-state index in [1.54, 1.807) is 30.5 Å². The smallest absolute Gasteiger partial charge is 0.168 e. The van der Waals surface area contributed by atoms with Crippen molar-refractivity contribution in [2.24, 2.45) is 4.99 Å². The van der Waals surface area contributed by atoms with Crippen molar-refractivity contribution in [3.63, 3.8) is 0 Å². The lowest BCUT2D eigenvalue weighted by Crippen LogP contribution is -2.17. The molecule has 3 rings (SSSR count). The summed E-state index contributed by atoms with van der Waals surface area (Å²) in [4.78, 5) is 24.5. The number of hydrogen-bond donors (Lipinski definition) is 1. The molecule has 0 radical (unpaired) electrons. The third-order valence-electron chi connectivity index (χ3n) is 4.72. The summed E-state index contributed by atoms with van der Waals surface area (Å²) in [6.45, 7) is 0.568. The van der Waals surface area contributed by atoms with Crippen LogP contribution in [0.25, 0.3) is 6.08 Å². The van der Waals surface area contributed by atoms with Gasteiger partial charge in [-0.2, -0.15) is 0 Å². The Kier molecular flexibility index (Phi) is 7.17. The summed E-state index contributed by atoms with van der Waals surface area (Å²) in [5.41, 5.74) is 4.52. The van der Waals surface area contributed by atoms with Gasteiger partial charge in [0.05, 0.1) is 23.6 Å². The van der Waals surface area contributed by atoms with Crippen LogP contribution < -0.4 is 9.80 Å². The number of carbonyl (C=O) groups is 1. The maximum absolute atomic E-state index is 11.7. The number of aldehydes is 1. The van der Waals surface area contributed by atoms with Gasteiger partial charge < -0.3 is 14.9 Å². The number of rotatable bonds is 8. The zero-order valence-corrected chi connectivity index (χ0v) is 17.9. The maximum atomic E-state index is 11.7. The van der Waals surface area contributed by atoms with E-state index in [9.17, 15) is 9.90 Å². The van der Waals surface area contributed by atoms with Gasteiger partial charge in [0.15, 0.2) is 6.29 Å².